The number of amides is 1. The Bertz CT molecular complexity index is 1480. The van der Waals surface area contributed by atoms with Gasteiger partial charge in [0.15, 0.2) is 0 Å². The first-order valence-electron chi connectivity index (χ1n) is 12.6. The van der Waals surface area contributed by atoms with E-state index in [0.717, 1.165) is 52.1 Å². The number of likely N-dealkylation sites (tertiary alicyclic amines) is 1. The van der Waals surface area contributed by atoms with E-state index in [1.807, 2.05) is 28.0 Å². The molecule has 0 spiro atoms. The molecule has 36 heavy (non-hydrogen) atoms. The summed E-state index contributed by atoms with van der Waals surface area (Å²) in [5.74, 6) is 0.861. The highest BCUT2D eigenvalue weighted by atomic mass is 16.5. The third-order valence-corrected chi connectivity index (χ3v) is 8.01. The van der Waals surface area contributed by atoms with Crippen LogP contribution in [0.4, 0.5) is 0 Å². The lowest BCUT2D eigenvalue weighted by Crippen LogP contribution is -2.55. The average Bonchev–Trinajstić information content (AvgIpc) is 3.59. The number of methoxy groups -OCH3 is 1. The molecule has 184 valence electrons. The Balaban J connectivity index is 1.17. The first-order valence-corrected chi connectivity index (χ1v) is 12.6. The van der Waals surface area contributed by atoms with Gasteiger partial charge in [-0.15, -0.1) is 0 Å². The molecule has 0 unspecified atom stereocenters. The lowest BCUT2D eigenvalue weighted by Gasteiger charge is -2.43. The number of hydrogen-bond acceptors (Lipinski definition) is 6. The summed E-state index contributed by atoms with van der Waals surface area (Å²) in [4.78, 5) is 19.4. The minimum absolute atomic E-state index is 0.0207. The SMILES string of the molecule is COc1cc2[nH]nc(-c3cnn(C4CN(C(=O)[C@H]5C[C@H](O)C5)C4)c3)c2nc1-c1cccc2c1CCC2. The van der Waals surface area contributed by atoms with E-state index >= 15 is 0 Å². The van der Waals surface area contributed by atoms with E-state index in [9.17, 15) is 9.90 Å². The summed E-state index contributed by atoms with van der Waals surface area (Å²) in [7, 11) is 1.68. The maximum atomic E-state index is 12.5. The highest BCUT2D eigenvalue weighted by Gasteiger charge is 2.41. The summed E-state index contributed by atoms with van der Waals surface area (Å²) in [5.41, 5.74) is 7.97. The van der Waals surface area contributed by atoms with Crippen molar-refractivity contribution >= 4 is 16.9 Å². The van der Waals surface area contributed by atoms with Crippen LogP contribution in [0.5, 0.6) is 5.75 Å². The Morgan fingerprint density at radius 2 is 2.06 bits per heavy atom. The van der Waals surface area contributed by atoms with Crippen molar-refractivity contribution in [2.75, 3.05) is 20.2 Å². The van der Waals surface area contributed by atoms with E-state index in [1.54, 1.807) is 7.11 Å². The number of aromatic nitrogens is 5. The van der Waals surface area contributed by atoms with Gasteiger partial charge in [-0.1, -0.05) is 18.2 Å². The maximum absolute atomic E-state index is 12.5. The minimum Gasteiger partial charge on any atom is -0.494 e. The number of fused-ring (bicyclic) bond motifs is 2. The topological polar surface area (TPSA) is 109 Å². The molecule has 4 heterocycles. The number of benzene rings is 1. The second-order valence-electron chi connectivity index (χ2n) is 10.2. The molecular formula is C27H28N6O3. The van der Waals surface area contributed by atoms with Crippen LogP contribution in [0.25, 0.3) is 33.5 Å². The summed E-state index contributed by atoms with van der Waals surface area (Å²) in [6, 6.07) is 8.56. The Morgan fingerprint density at radius 3 is 2.86 bits per heavy atom. The number of H-pyrrole nitrogens is 1. The van der Waals surface area contributed by atoms with E-state index < -0.39 is 0 Å². The van der Waals surface area contributed by atoms with Crippen molar-refractivity contribution in [3.63, 3.8) is 0 Å². The summed E-state index contributed by atoms with van der Waals surface area (Å²) < 4.78 is 7.65. The van der Waals surface area contributed by atoms with Gasteiger partial charge in [-0.3, -0.25) is 14.6 Å². The van der Waals surface area contributed by atoms with E-state index in [1.165, 1.54) is 17.5 Å². The molecule has 1 aliphatic heterocycles. The van der Waals surface area contributed by atoms with Crippen molar-refractivity contribution in [3.05, 3.63) is 47.8 Å². The maximum Gasteiger partial charge on any atom is 0.226 e. The van der Waals surface area contributed by atoms with E-state index in [4.69, 9.17) is 9.72 Å². The number of carbonyl (C=O) groups is 1. The van der Waals surface area contributed by atoms with Crippen LogP contribution in [0.1, 0.15) is 36.4 Å². The average molecular weight is 485 g/mol. The smallest absolute Gasteiger partial charge is 0.226 e. The normalized spacial score (nSPS) is 21.3. The molecule has 9 heteroatoms. The number of ether oxygens (including phenoxy) is 1. The highest BCUT2D eigenvalue weighted by molar-refractivity contribution is 5.93. The van der Waals surface area contributed by atoms with Crippen LogP contribution in [-0.4, -0.2) is 67.2 Å². The molecule has 2 aliphatic carbocycles. The highest BCUT2D eigenvalue weighted by Crippen LogP contribution is 2.39. The zero-order valence-corrected chi connectivity index (χ0v) is 20.1. The largest absolute Gasteiger partial charge is 0.494 e. The Hall–Kier alpha value is -3.72. The molecule has 1 aromatic carbocycles. The first kappa shape index (κ1) is 21.6. The van der Waals surface area contributed by atoms with E-state index in [0.29, 0.717) is 25.9 Å². The number of rotatable bonds is 5. The Kier molecular flexibility index (Phi) is 4.89. The molecule has 0 atom stereocenters. The molecule has 3 aliphatic rings. The van der Waals surface area contributed by atoms with Gasteiger partial charge in [-0.25, -0.2) is 4.98 Å². The summed E-state index contributed by atoms with van der Waals surface area (Å²) in [5, 5.41) is 21.7. The van der Waals surface area contributed by atoms with Crippen molar-refractivity contribution in [1.82, 2.24) is 29.9 Å². The fourth-order valence-electron chi connectivity index (χ4n) is 5.83. The zero-order chi connectivity index (χ0) is 24.4. The monoisotopic (exact) mass is 484 g/mol. The third-order valence-electron chi connectivity index (χ3n) is 8.01. The number of nitrogens with zero attached hydrogens (tertiary/aromatic N) is 5. The third kappa shape index (κ3) is 3.33. The fourth-order valence-corrected chi connectivity index (χ4v) is 5.83. The number of aliphatic hydroxyl groups is 1. The number of pyridine rings is 1. The van der Waals surface area contributed by atoms with E-state index in [-0.39, 0.29) is 24.0 Å². The van der Waals surface area contributed by atoms with Gasteiger partial charge in [0, 0.05) is 42.4 Å². The molecule has 1 amide bonds. The van der Waals surface area contributed by atoms with Gasteiger partial charge in [-0.05, 0) is 43.2 Å². The van der Waals surface area contributed by atoms with Crippen molar-refractivity contribution in [2.24, 2.45) is 5.92 Å². The molecule has 2 fully saturated rings. The van der Waals surface area contributed by atoms with E-state index in [2.05, 4.69) is 33.5 Å². The van der Waals surface area contributed by atoms with Gasteiger partial charge >= 0.3 is 0 Å². The molecule has 0 radical (unpaired) electrons. The van der Waals surface area contributed by atoms with Crippen LogP contribution >= 0.6 is 0 Å². The van der Waals surface area contributed by atoms with Crippen LogP contribution < -0.4 is 4.74 Å². The number of hydrogen-bond donors (Lipinski definition) is 2. The zero-order valence-electron chi connectivity index (χ0n) is 20.1. The van der Waals surface area contributed by atoms with Crippen molar-refractivity contribution in [1.29, 1.82) is 0 Å². The molecule has 9 nitrogen and oxygen atoms in total. The molecule has 0 bridgehead atoms. The fraction of sp³-hybridized carbons (Fsp3) is 0.407. The molecule has 4 aromatic rings. The number of aryl methyl sites for hydroxylation is 1. The standard InChI is InChI=1S/C27H28N6O3/c1-36-23-10-22-26(29-25(23)21-7-3-5-15-4-2-6-20(15)21)24(31-30-22)17-11-28-33(12-17)18-13-32(14-18)27(35)16-8-19(34)9-16/h3,5,7,10-12,16,18-19,34H,2,4,6,8-9,13-14H2,1H3,(H,30,31)/t16-,19-. The summed E-state index contributed by atoms with van der Waals surface area (Å²) >= 11 is 0. The molecule has 1 saturated heterocycles. The molecular weight excluding hydrogens is 456 g/mol. The minimum atomic E-state index is -0.315. The van der Waals surface area contributed by atoms with Gasteiger partial charge < -0.3 is 14.7 Å². The van der Waals surface area contributed by atoms with Crippen LogP contribution in [0.2, 0.25) is 0 Å². The molecule has 7 rings (SSSR count). The van der Waals surface area contributed by atoms with Crippen LogP contribution in [0.15, 0.2) is 36.7 Å². The Labute approximate surface area is 208 Å². The summed E-state index contributed by atoms with van der Waals surface area (Å²) in [6.07, 6.45) is 7.99. The number of carbonyl (C=O) groups excluding carboxylic acids is 1. The van der Waals surface area contributed by atoms with Gasteiger partial charge in [0.25, 0.3) is 0 Å². The van der Waals surface area contributed by atoms with Crippen LogP contribution in [0.3, 0.4) is 0 Å². The van der Waals surface area contributed by atoms with Crippen LogP contribution in [-0.2, 0) is 17.6 Å². The first-order chi connectivity index (χ1) is 17.6. The van der Waals surface area contributed by atoms with Gasteiger partial charge in [0.2, 0.25) is 5.91 Å². The van der Waals surface area contributed by atoms with Crippen LogP contribution in [0, 0.1) is 5.92 Å². The predicted molar refractivity (Wildman–Crippen MR) is 133 cm³/mol. The molecule has 1 saturated carbocycles. The number of aromatic amines is 1. The molecule has 3 aromatic heterocycles. The second kappa shape index (κ2) is 8.16. The number of nitrogens with one attached hydrogen (secondary N) is 1. The van der Waals surface area contributed by atoms with Crippen molar-refractivity contribution in [3.8, 4) is 28.3 Å². The van der Waals surface area contributed by atoms with Gasteiger partial charge in [-0.2, -0.15) is 10.2 Å². The van der Waals surface area contributed by atoms with Gasteiger partial charge in [0.05, 0.1) is 31.0 Å². The molecule has 2 N–H and O–H groups in total. The quantitative estimate of drug-likeness (QED) is 0.451. The second-order valence-corrected chi connectivity index (χ2v) is 10.2. The van der Waals surface area contributed by atoms with Gasteiger partial charge in [0.1, 0.15) is 22.7 Å². The lowest BCUT2D eigenvalue weighted by molar-refractivity contribution is -0.148. The Morgan fingerprint density at radius 1 is 1.19 bits per heavy atom. The summed E-state index contributed by atoms with van der Waals surface area (Å²) in [6.45, 7) is 1.29. The van der Waals surface area contributed by atoms with Crippen molar-refractivity contribution in [2.45, 2.75) is 44.2 Å². The van der Waals surface area contributed by atoms with Crippen molar-refractivity contribution < 1.29 is 14.6 Å². The number of aliphatic hydroxyl groups excluding tert-OH is 1. The predicted octanol–water partition coefficient (Wildman–Crippen LogP) is 3.14. The lowest BCUT2D eigenvalue weighted by atomic mass is 9.81.